The van der Waals surface area contributed by atoms with Crippen LogP contribution in [0.25, 0.3) is 0 Å². The molecule has 0 saturated carbocycles. The summed E-state index contributed by atoms with van der Waals surface area (Å²) in [7, 11) is 0. The topological polar surface area (TPSA) is 29.5 Å². The van der Waals surface area contributed by atoms with Crippen molar-refractivity contribution in [3.05, 3.63) is 29.3 Å². The van der Waals surface area contributed by atoms with Crippen LogP contribution in [-0.2, 0) is 12.8 Å². The molecular weight excluding hydrogens is 356 g/mol. The molecule has 0 amide bonds. The highest BCUT2D eigenvalue weighted by molar-refractivity contribution is 5.37. The zero-order valence-electron chi connectivity index (χ0n) is 19.7. The maximum Gasteiger partial charge on any atom is 0.123 e. The number of benzene rings is 1. The molecule has 0 aliphatic carbocycles. The number of hydrogen-bond donors (Lipinski definition) is 1. The van der Waals surface area contributed by atoms with Crippen LogP contribution in [0.3, 0.4) is 0 Å². The molecule has 2 nitrogen and oxygen atoms in total. The van der Waals surface area contributed by atoms with Crippen molar-refractivity contribution in [1.29, 1.82) is 0 Å². The van der Waals surface area contributed by atoms with E-state index in [0.717, 1.165) is 12.2 Å². The second-order valence-electron chi connectivity index (χ2n) is 8.80. The van der Waals surface area contributed by atoms with Crippen LogP contribution in [0.15, 0.2) is 18.2 Å². The lowest BCUT2D eigenvalue weighted by Gasteiger charge is -2.17. The molecule has 0 spiro atoms. The molecule has 29 heavy (non-hydrogen) atoms. The van der Waals surface area contributed by atoms with E-state index in [1.165, 1.54) is 107 Å². The summed E-state index contributed by atoms with van der Waals surface area (Å²) in [4.78, 5) is 0. The van der Waals surface area contributed by atoms with Crippen molar-refractivity contribution in [2.45, 2.75) is 130 Å². The lowest BCUT2D eigenvalue weighted by atomic mass is 9.99. The Balaban J connectivity index is 2.47. The maximum atomic E-state index is 9.35. The van der Waals surface area contributed by atoms with E-state index in [1.807, 2.05) is 6.92 Å². The van der Waals surface area contributed by atoms with Gasteiger partial charge < -0.3 is 9.84 Å². The molecule has 0 aromatic heterocycles. The quantitative estimate of drug-likeness (QED) is 0.236. The molecule has 1 atom stereocenters. The molecule has 1 unspecified atom stereocenters. The Morgan fingerprint density at radius 2 is 1.24 bits per heavy atom. The summed E-state index contributed by atoms with van der Waals surface area (Å²) in [6.07, 6.45) is 21.0. The normalized spacial score (nSPS) is 12.3. The van der Waals surface area contributed by atoms with Gasteiger partial charge in [-0.3, -0.25) is 0 Å². The predicted molar refractivity (Wildman–Crippen MR) is 127 cm³/mol. The highest BCUT2D eigenvalue weighted by atomic mass is 16.5. The van der Waals surface area contributed by atoms with Crippen LogP contribution in [0.4, 0.5) is 0 Å². The van der Waals surface area contributed by atoms with Gasteiger partial charge in [-0.2, -0.15) is 0 Å². The molecular formula is C27H48O2. The molecule has 0 radical (unpaired) electrons. The number of ether oxygens (including phenoxy) is 1. The molecule has 1 aromatic carbocycles. The number of hydrogen-bond acceptors (Lipinski definition) is 2. The Morgan fingerprint density at radius 3 is 1.79 bits per heavy atom. The van der Waals surface area contributed by atoms with Crippen molar-refractivity contribution in [3.8, 4) is 5.75 Å². The minimum atomic E-state index is -0.142. The Kier molecular flexibility index (Phi) is 16.0. The number of unbranched alkanes of at least 4 members (excludes halogenated alkanes) is 12. The summed E-state index contributed by atoms with van der Waals surface area (Å²) in [5.74, 6) is 0.973. The SMILES string of the molecule is CCCCCCCCCc1ccc(OC(C)CO)c(CCCCCCCCC)c1. The molecule has 0 fully saturated rings. The third-order valence-corrected chi connectivity index (χ3v) is 5.83. The summed E-state index contributed by atoms with van der Waals surface area (Å²) in [5.41, 5.74) is 2.78. The van der Waals surface area contributed by atoms with E-state index in [0.29, 0.717) is 0 Å². The maximum absolute atomic E-state index is 9.35. The molecule has 0 aliphatic rings. The molecule has 1 aromatic rings. The van der Waals surface area contributed by atoms with Crippen LogP contribution in [0.2, 0.25) is 0 Å². The summed E-state index contributed by atoms with van der Waals surface area (Å²) < 4.78 is 5.99. The predicted octanol–water partition coefficient (Wildman–Crippen LogP) is 8.03. The first-order valence-corrected chi connectivity index (χ1v) is 12.6. The minimum Gasteiger partial charge on any atom is -0.488 e. The third-order valence-electron chi connectivity index (χ3n) is 5.83. The van der Waals surface area contributed by atoms with Crippen molar-refractivity contribution in [2.75, 3.05) is 6.61 Å². The van der Waals surface area contributed by atoms with Gasteiger partial charge in [0.2, 0.25) is 0 Å². The molecule has 0 bridgehead atoms. The highest BCUT2D eigenvalue weighted by Crippen LogP contribution is 2.25. The van der Waals surface area contributed by atoms with Crippen molar-refractivity contribution in [3.63, 3.8) is 0 Å². The zero-order chi connectivity index (χ0) is 21.2. The molecule has 1 N–H and O–H groups in total. The molecule has 0 heterocycles. The van der Waals surface area contributed by atoms with E-state index in [2.05, 4.69) is 32.0 Å². The Hall–Kier alpha value is -1.02. The van der Waals surface area contributed by atoms with E-state index in [1.54, 1.807) is 0 Å². The smallest absolute Gasteiger partial charge is 0.123 e. The monoisotopic (exact) mass is 404 g/mol. The van der Waals surface area contributed by atoms with Gasteiger partial charge in [0.05, 0.1) is 6.61 Å². The van der Waals surface area contributed by atoms with Gasteiger partial charge in [-0.1, -0.05) is 103 Å². The minimum absolute atomic E-state index is 0.0661. The number of aliphatic hydroxyl groups excluding tert-OH is 1. The highest BCUT2D eigenvalue weighted by Gasteiger charge is 2.09. The summed E-state index contributed by atoms with van der Waals surface area (Å²) in [6.45, 7) is 6.55. The fraction of sp³-hybridized carbons (Fsp3) is 0.778. The van der Waals surface area contributed by atoms with Crippen LogP contribution >= 0.6 is 0 Å². The van der Waals surface area contributed by atoms with Gasteiger partial charge in [0.1, 0.15) is 11.9 Å². The van der Waals surface area contributed by atoms with Crippen LogP contribution in [-0.4, -0.2) is 17.8 Å². The summed E-state index contributed by atoms with van der Waals surface area (Å²) in [6, 6.07) is 6.73. The van der Waals surface area contributed by atoms with Gasteiger partial charge in [0, 0.05) is 0 Å². The fourth-order valence-corrected chi connectivity index (χ4v) is 3.91. The first-order valence-electron chi connectivity index (χ1n) is 12.6. The number of aliphatic hydroxyl groups is 1. The summed E-state index contributed by atoms with van der Waals surface area (Å²) in [5, 5.41) is 9.35. The molecule has 1 rings (SSSR count). The number of aryl methyl sites for hydroxylation is 2. The van der Waals surface area contributed by atoms with E-state index in [-0.39, 0.29) is 12.7 Å². The summed E-state index contributed by atoms with van der Waals surface area (Å²) >= 11 is 0. The largest absolute Gasteiger partial charge is 0.488 e. The van der Waals surface area contributed by atoms with Gasteiger partial charge in [0.25, 0.3) is 0 Å². The van der Waals surface area contributed by atoms with Crippen LogP contribution in [0, 0.1) is 0 Å². The van der Waals surface area contributed by atoms with Crippen LogP contribution < -0.4 is 4.74 Å². The van der Waals surface area contributed by atoms with Gasteiger partial charge in [-0.05, 0) is 49.8 Å². The first kappa shape index (κ1) is 26.0. The van der Waals surface area contributed by atoms with E-state index < -0.39 is 0 Å². The standard InChI is InChI=1S/C27H48O2/c1-4-6-8-10-12-14-16-18-25-20-21-27(29-24(3)23-28)26(22-25)19-17-15-13-11-9-7-5-2/h20-22,24,28H,4-19,23H2,1-3H3. The van der Waals surface area contributed by atoms with Crippen molar-refractivity contribution in [2.24, 2.45) is 0 Å². The second kappa shape index (κ2) is 17.8. The zero-order valence-corrected chi connectivity index (χ0v) is 19.7. The number of rotatable bonds is 19. The van der Waals surface area contributed by atoms with Crippen molar-refractivity contribution < 1.29 is 9.84 Å². The average Bonchev–Trinajstić information content (AvgIpc) is 2.73. The average molecular weight is 405 g/mol. The van der Waals surface area contributed by atoms with Crippen molar-refractivity contribution in [1.82, 2.24) is 0 Å². The van der Waals surface area contributed by atoms with Gasteiger partial charge in [0.15, 0.2) is 0 Å². The van der Waals surface area contributed by atoms with Crippen LogP contribution in [0.5, 0.6) is 5.75 Å². The molecule has 0 aliphatic heterocycles. The van der Waals surface area contributed by atoms with Gasteiger partial charge in [-0.25, -0.2) is 0 Å². The second-order valence-corrected chi connectivity index (χ2v) is 8.80. The first-order chi connectivity index (χ1) is 14.2. The Labute approximate surface area is 181 Å². The van der Waals surface area contributed by atoms with Gasteiger partial charge in [-0.15, -0.1) is 0 Å². The molecule has 168 valence electrons. The molecule has 2 heteroatoms. The lowest BCUT2D eigenvalue weighted by Crippen LogP contribution is -2.17. The van der Waals surface area contributed by atoms with E-state index in [4.69, 9.17) is 4.74 Å². The Bertz CT molecular complexity index is 497. The molecule has 0 saturated heterocycles. The lowest BCUT2D eigenvalue weighted by molar-refractivity contribution is 0.128. The Morgan fingerprint density at radius 1 is 0.724 bits per heavy atom. The van der Waals surface area contributed by atoms with E-state index in [9.17, 15) is 5.11 Å². The van der Waals surface area contributed by atoms with Gasteiger partial charge >= 0.3 is 0 Å². The van der Waals surface area contributed by atoms with Crippen LogP contribution in [0.1, 0.15) is 122 Å². The van der Waals surface area contributed by atoms with E-state index >= 15 is 0 Å². The fourth-order valence-electron chi connectivity index (χ4n) is 3.91. The third kappa shape index (κ3) is 13.0. The van der Waals surface area contributed by atoms with Crippen molar-refractivity contribution >= 4 is 0 Å².